The molecule has 3 heteroatoms. The van der Waals surface area contributed by atoms with E-state index in [0.717, 1.165) is 42.1 Å². The average molecular weight is 279 g/mol. The van der Waals surface area contributed by atoms with E-state index in [1.54, 1.807) is 0 Å². The summed E-state index contributed by atoms with van der Waals surface area (Å²) in [6.07, 6.45) is 0.983. The molecule has 0 fully saturated rings. The molecule has 3 nitrogen and oxygen atoms in total. The highest BCUT2D eigenvalue weighted by atomic mass is 16.5. The fourth-order valence-electron chi connectivity index (χ4n) is 2.90. The van der Waals surface area contributed by atoms with Crippen LogP contribution in [0.1, 0.15) is 23.8 Å². The van der Waals surface area contributed by atoms with Crippen molar-refractivity contribution in [3.63, 3.8) is 0 Å². The first kappa shape index (κ1) is 12.5. The second kappa shape index (κ2) is 5.26. The lowest BCUT2D eigenvalue weighted by molar-refractivity contribution is 0.250. The quantitative estimate of drug-likeness (QED) is 0.785. The molecule has 0 radical (unpaired) electrons. The Balaban J connectivity index is 1.52. The van der Waals surface area contributed by atoms with Crippen LogP contribution in [-0.4, -0.2) is 6.61 Å². The lowest BCUT2D eigenvalue weighted by Gasteiger charge is -2.26. The van der Waals surface area contributed by atoms with Crippen LogP contribution in [-0.2, 0) is 6.54 Å². The number of ether oxygens (including phenoxy) is 1. The monoisotopic (exact) mass is 279 g/mol. The van der Waals surface area contributed by atoms with Crippen molar-refractivity contribution in [1.29, 1.82) is 0 Å². The molecule has 0 unspecified atom stereocenters. The van der Waals surface area contributed by atoms with E-state index in [9.17, 15) is 0 Å². The molecule has 2 aromatic carbocycles. The fraction of sp³-hybridized carbons (Fsp3) is 0.222. The van der Waals surface area contributed by atoms with Gasteiger partial charge in [0.2, 0.25) is 0 Å². The molecule has 21 heavy (non-hydrogen) atoms. The maximum absolute atomic E-state index is 5.85. The molecule has 0 spiro atoms. The summed E-state index contributed by atoms with van der Waals surface area (Å²) >= 11 is 0. The Morgan fingerprint density at radius 1 is 1.05 bits per heavy atom. The first-order chi connectivity index (χ1) is 10.4. The molecule has 2 heterocycles. The van der Waals surface area contributed by atoms with Crippen molar-refractivity contribution in [3.8, 4) is 5.75 Å². The molecule has 0 aliphatic carbocycles. The summed E-state index contributed by atoms with van der Waals surface area (Å²) in [5, 5.41) is 4.74. The van der Waals surface area contributed by atoms with Crippen molar-refractivity contribution in [1.82, 2.24) is 5.32 Å². The van der Waals surface area contributed by atoms with Gasteiger partial charge < -0.3 is 14.5 Å². The second-order valence-electron chi connectivity index (χ2n) is 5.36. The number of rotatable bonds is 3. The van der Waals surface area contributed by atoms with E-state index in [1.807, 2.05) is 30.3 Å². The van der Waals surface area contributed by atoms with Gasteiger partial charge >= 0.3 is 0 Å². The van der Waals surface area contributed by atoms with E-state index in [4.69, 9.17) is 9.15 Å². The second-order valence-corrected chi connectivity index (χ2v) is 5.36. The number of benzene rings is 2. The first-order valence-corrected chi connectivity index (χ1v) is 7.33. The van der Waals surface area contributed by atoms with Crippen LogP contribution in [0.4, 0.5) is 0 Å². The van der Waals surface area contributed by atoms with Crippen molar-refractivity contribution in [2.75, 3.05) is 6.61 Å². The maximum atomic E-state index is 5.85. The molecular weight excluding hydrogens is 262 g/mol. The molecule has 4 rings (SSSR count). The highest BCUT2D eigenvalue weighted by molar-refractivity contribution is 5.77. The highest BCUT2D eigenvalue weighted by Crippen LogP contribution is 2.31. The van der Waals surface area contributed by atoms with Crippen LogP contribution in [0.25, 0.3) is 11.0 Å². The average Bonchev–Trinajstić information content (AvgIpc) is 2.96. The van der Waals surface area contributed by atoms with Crippen LogP contribution in [0.15, 0.2) is 59.0 Å². The third-order valence-corrected chi connectivity index (χ3v) is 3.96. The minimum Gasteiger partial charge on any atom is -0.493 e. The molecule has 106 valence electrons. The molecule has 1 aliphatic heterocycles. The fourth-order valence-corrected chi connectivity index (χ4v) is 2.90. The smallest absolute Gasteiger partial charge is 0.134 e. The molecule has 1 aliphatic rings. The van der Waals surface area contributed by atoms with Gasteiger partial charge in [0.1, 0.15) is 17.1 Å². The minimum absolute atomic E-state index is 0.322. The standard InChI is InChI=1S/C18H17NO2/c1-3-7-17-13(5-1)11-14(21-17)12-19-16-9-10-20-18-8-4-2-6-15(16)18/h1-8,11,16,19H,9-10,12H2/t16-/m1/s1. The lowest BCUT2D eigenvalue weighted by atomic mass is 10.0. The molecule has 0 saturated carbocycles. The third-order valence-electron chi connectivity index (χ3n) is 3.96. The normalized spacial score (nSPS) is 17.4. The number of hydrogen-bond acceptors (Lipinski definition) is 3. The number of furan rings is 1. The Morgan fingerprint density at radius 3 is 2.86 bits per heavy atom. The van der Waals surface area contributed by atoms with Gasteiger partial charge in [-0.25, -0.2) is 0 Å². The van der Waals surface area contributed by atoms with Crippen molar-refractivity contribution >= 4 is 11.0 Å². The van der Waals surface area contributed by atoms with Gasteiger partial charge in [-0.15, -0.1) is 0 Å². The van der Waals surface area contributed by atoms with Crippen LogP contribution in [0.5, 0.6) is 5.75 Å². The zero-order valence-corrected chi connectivity index (χ0v) is 11.7. The third kappa shape index (κ3) is 2.41. The number of para-hydroxylation sites is 2. The first-order valence-electron chi connectivity index (χ1n) is 7.33. The van der Waals surface area contributed by atoms with Crippen LogP contribution in [0.2, 0.25) is 0 Å². The van der Waals surface area contributed by atoms with Crippen molar-refractivity contribution in [2.45, 2.75) is 19.0 Å². The molecule has 1 atom stereocenters. The van der Waals surface area contributed by atoms with E-state index in [2.05, 4.69) is 29.6 Å². The maximum Gasteiger partial charge on any atom is 0.134 e. The van der Waals surface area contributed by atoms with Gasteiger partial charge in [0, 0.05) is 23.4 Å². The number of hydrogen-bond donors (Lipinski definition) is 1. The summed E-state index contributed by atoms with van der Waals surface area (Å²) in [6.45, 7) is 1.49. The van der Waals surface area contributed by atoms with E-state index in [1.165, 1.54) is 5.56 Å². The van der Waals surface area contributed by atoms with Crippen LogP contribution >= 0.6 is 0 Å². The number of nitrogens with one attached hydrogen (secondary N) is 1. The van der Waals surface area contributed by atoms with Gasteiger partial charge in [0.15, 0.2) is 0 Å². The Hall–Kier alpha value is -2.26. The van der Waals surface area contributed by atoms with Gasteiger partial charge in [0.25, 0.3) is 0 Å². The predicted molar refractivity (Wildman–Crippen MR) is 82.3 cm³/mol. The molecule has 1 N–H and O–H groups in total. The molecule has 1 aromatic heterocycles. The zero-order valence-electron chi connectivity index (χ0n) is 11.7. The van der Waals surface area contributed by atoms with E-state index >= 15 is 0 Å². The summed E-state index contributed by atoms with van der Waals surface area (Å²) in [5.41, 5.74) is 2.18. The Labute approximate surface area is 123 Å². The summed E-state index contributed by atoms with van der Waals surface area (Å²) in [7, 11) is 0. The molecular formula is C18H17NO2. The summed E-state index contributed by atoms with van der Waals surface area (Å²) in [6, 6.07) is 18.8. The van der Waals surface area contributed by atoms with Crippen molar-refractivity contribution in [3.05, 3.63) is 65.9 Å². The number of fused-ring (bicyclic) bond motifs is 2. The van der Waals surface area contributed by atoms with Crippen LogP contribution in [0, 0.1) is 0 Å². The Kier molecular flexibility index (Phi) is 3.13. The molecule has 0 amide bonds. The van der Waals surface area contributed by atoms with Gasteiger partial charge in [-0.1, -0.05) is 36.4 Å². The molecule has 3 aromatic rings. The topological polar surface area (TPSA) is 34.4 Å². The lowest BCUT2D eigenvalue weighted by Crippen LogP contribution is -2.26. The highest BCUT2D eigenvalue weighted by Gasteiger charge is 2.20. The zero-order chi connectivity index (χ0) is 14.1. The van der Waals surface area contributed by atoms with E-state index < -0.39 is 0 Å². The van der Waals surface area contributed by atoms with Crippen LogP contribution in [0.3, 0.4) is 0 Å². The summed E-state index contributed by atoms with van der Waals surface area (Å²) in [5.74, 6) is 1.96. The van der Waals surface area contributed by atoms with Gasteiger partial charge in [-0.3, -0.25) is 0 Å². The largest absolute Gasteiger partial charge is 0.493 e. The summed E-state index contributed by atoms with van der Waals surface area (Å²) in [4.78, 5) is 0. The minimum atomic E-state index is 0.322. The van der Waals surface area contributed by atoms with Crippen molar-refractivity contribution < 1.29 is 9.15 Å². The van der Waals surface area contributed by atoms with Crippen molar-refractivity contribution in [2.24, 2.45) is 0 Å². The molecule has 0 bridgehead atoms. The molecule has 0 saturated heterocycles. The van der Waals surface area contributed by atoms with Gasteiger partial charge in [-0.2, -0.15) is 0 Å². The predicted octanol–water partition coefficient (Wildman–Crippen LogP) is 4.05. The Bertz CT molecular complexity index is 730. The van der Waals surface area contributed by atoms with E-state index in [-0.39, 0.29) is 0 Å². The van der Waals surface area contributed by atoms with E-state index in [0.29, 0.717) is 6.04 Å². The van der Waals surface area contributed by atoms with Crippen LogP contribution < -0.4 is 10.1 Å². The summed E-state index contributed by atoms with van der Waals surface area (Å²) < 4.78 is 11.5. The van der Waals surface area contributed by atoms with Gasteiger partial charge in [-0.05, 0) is 18.2 Å². The SMILES string of the molecule is c1ccc2c(c1)OCC[C@H]2NCc1cc2ccccc2o1. The Morgan fingerprint density at radius 2 is 1.90 bits per heavy atom. The van der Waals surface area contributed by atoms with Gasteiger partial charge in [0.05, 0.1) is 13.2 Å².